The Balaban J connectivity index is 0.891. The van der Waals surface area contributed by atoms with E-state index in [1.54, 1.807) is 5.57 Å². The molecule has 3 heterocycles. The van der Waals surface area contributed by atoms with Crippen molar-refractivity contribution in [2.75, 3.05) is 0 Å². The van der Waals surface area contributed by atoms with Crippen molar-refractivity contribution in [2.24, 2.45) is 5.92 Å². The van der Waals surface area contributed by atoms with Crippen molar-refractivity contribution in [3.8, 4) is 16.9 Å². The summed E-state index contributed by atoms with van der Waals surface area (Å²) in [6.07, 6.45) is 25.3. The Morgan fingerprint density at radius 3 is 2.38 bits per heavy atom. The third kappa shape index (κ3) is 4.72. The molecule has 0 spiro atoms. The predicted octanol–water partition coefficient (Wildman–Crippen LogP) is 13.8. The van der Waals surface area contributed by atoms with Gasteiger partial charge in [0.25, 0.3) is 0 Å². The Hall–Kier alpha value is -7.56. The lowest BCUT2D eigenvalue weighted by molar-refractivity contribution is 0.269. The second kappa shape index (κ2) is 13.0. The molecule has 0 amide bonds. The summed E-state index contributed by atoms with van der Waals surface area (Å²) < 4.78 is 8.98. The predicted molar refractivity (Wildman–Crippen MR) is 259 cm³/mol. The Bertz CT molecular complexity index is 3640. The van der Waals surface area contributed by atoms with E-state index in [1.165, 1.54) is 77.6 Å². The monoisotopic (exact) mass is 819 g/mol. The number of hydrogen-bond acceptors (Lipinski definition) is 3. The molecule has 0 radical (unpaired) electrons. The smallest absolute Gasteiger partial charge is 0.136 e. The summed E-state index contributed by atoms with van der Waals surface area (Å²) in [5.41, 5.74) is 19.9. The molecule has 302 valence electrons. The van der Waals surface area contributed by atoms with Crippen LogP contribution in [0.2, 0.25) is 0 Å². The maximum Gasteiger partial charge on any atom is 0.136 e. The summed E-state index contributed by atoms with van der Waals surface area (Å²) in [6.45, 7) is 0. The number of aromatic nitrogens is 3. The Labute approximate surface area is 371 Å². The minimum Gasteiger partial charge on any atom is -0.485 e. The summed E-state index contributed by atoms with van der Waals surface area (Å²) in [5, 5.41) is 4.95. The number of rotatable bonds is 3. The molecule has 1 aliphatic heterocycles. The summed E-state index contributed by atoms with van der Waals surface area (Å²) in [4.78, 5) is 10.7. The van der Waals surface area contributed by atoms with Gasteiger partial charge in [-0.05, 0) is 87.0 Å². The fourth-order valence-electron chi connectivity index (χ4n) is 12.7. The fraction of sp³-hybridized carbons (Fsp3) is 0.133. The van der Waals surface area contributed by atoms with E-state index in [4.69, 9.17) is 14.7 Å². The third-order valence-corrected chi connectivity index (χ3v) is 15.4. The van der Waals surface area contributed by atoms with Crippen LogP contribution in [-0.2, 0) is 6.42 Å². The first-order valence-corrected chi connectivity index (χ1v) is 22.9. The molecular weight excluding hydrogens is 779 g/mol. The van der Waals surface area contributed by atoms with Crippen molar-refractivity contribution >= 4 is 49.4 Å². The van der Waals surface area contributed by atoms with Gasteiger partial charge in [-0.15, -0.1) is 0 Å². The number of ether oxygens (including phenoxy) is 1. The van der Waals surface area contributed by atoms with Crippen LogP contribution in [0.1, 0.15) is 75.1 Å². The molecule has 6 aliphatic carbocycles. The largest absolute Gasteiger partial charge is 0.485 e. The van der Waals surface area contributed by atoms with Crippen molar-refractivity contribution in [1.82, 2.24) is 14.5 Å². The second-order valence-corrected chi connectivity index (χ2v) is 18.5. The molecule has 4 nitrogen and oxygen atoms in total. The highest BCUT2D eigenvalue weighted by molar-refractivity contribution is 6.15. The standard InChI is InChI=1S/C60H41N3O/c1-4-15-40-34(12-1)26-30-47-56-55-46-21-11-20-42-39-14-3-2-13-36(39)32-49(53(42)46)54(55)43-17-5-6-18-44(43)59(56)63(58(40)47)38-28-24-35(25-29-38)60-61-50-22-9-7-19-45(50)57(62-60)37-27-31-52-48(33-37)41-16-8-10-23-51(41)64-52/h1-24,26-31,33,35,43-44,48-49,52H,25,32H2. The van der Waals surface area contributed by atoms with Crippen LogP contribution in [0.15, 0.2) is 194 Å². The molecule has 0 fully saturated rings. The van der Waals surface area contributed by atoms with Crippen molar-refractivity contribution in [3.63, 3.8) is 0 Å². The van der Waals surface area contributed by atoms with Crippen LogP contribution in [0.4, 0.5) is 0 Å². The molecule has 4 heteroatoms. The molecule has 15 rings (SSSR count). The van der Waals surface area contributed by atoms with Crippen LogP contribution in [0.25, 0.3) is 60.5 Å². The molecule has 6 unspecified atom stereocenters. The van der Waals surface area contributed by atoms with Crippen molar-refractivity contribution in [3.05, 3.63) is 239 Å². The van der Waals surface area contributed by atoms with E-state index in [2.05, 4.69) is 193 Å². The number of allylic oxidation sites excluding steroid dienone is 11. The van der Waals surface area contributed by atoms with E-state index in [0.717, 1.165) is 46.6 Å². The number of hydrogen-bond donors (Lipinski definition) is 0. The lowest BCUT2D eigenvalue weighted by atomic mass is 9.68. The maximum absolute atomic E-state index is 6.33. The lowest BCUT2D eigenvalue weighted by Crippen LogP contribution is -2.25. The molecule has 6 aromatic carbocycles. The first-order chi connectivity index (χ1) is 31.7. The average Bonchev–Trinajstić information content (AvgIpc) is 4.02. The van der Waals surface area contributed by atoms with Gasteiger partial charge < -0.3 is 9.30 Å². The van der Waals surface area contributed by atoms with Crippen LogP contribution in [-0.4, -0.2) is 20.6 Å². The van der Waals surface area contributed by atoms with E-state index in [-0.39, 0.29) is 29.8 Å². The highest BCUT2D eigenvalue weighted by atomic mass is 16.5. The summed E-state index contributed by atoms with van der Waals surface area (Å²) >= 11 is 0. The number of nitrogens with zero attached hydrogens (tertiary/aromatic N) is 3. The molecule has 2 aromatic heterocycles. The summed E-state index contributed by atoms with van der Waals surface area (Å²) in [7, 11) is 0. The third-order valence-electron chi connectivity index (χ3n) is 15.4. The molecular formula is C60H41N3O. The zero-order valence-electron chi connectivity index (χ0n) is 35.0. The quantitative estimate of drug-likeness (QED) is 0.178. The zero-order chi connectivity index (χ0) is 41.6. The molecule has 0 saturated carbocycles. The Morgan fingerprint density at radius 2 is 1.44 bits per heavy atom. The minimum absolute atomic E-state index is 0.00482. The molecule has 64 heavy (non-hydrogen) atoms. The summed E-state index contributed by atoms with van der Waals surface area (Å²) in [5.74, 6) is 2.84. The second-order valence-electron chi connectivity index (χ2n) is 18.5. The van der Waals surface area contributed by atoms with Gasteiger partial charge in [0.15, 0.2) is 0 Å². The van der Waals surface area contributed by atoms with E-state index >= 15 is 0 Å². The van der Waals surface area contributed by atoms with Gasteiger partial charge in [0.2, 0.25) is 0 Å². The fourth-order valence-corrected chi connectivity index (χ4v) is 12.7. The molecule has 6 atom stereocenters. The minimum atomic E-state index is 0.00482. The first-order valence-electron chi connectivity index (χ1n) is 22.9. The van der Waals surface area contributed by atoms with Crippen LogP contribution in [0.3, 0.4) is 0 Å². The number of fused-ring (bicyclic) bond motifs is 17. The Kier molecular flexibility index (Phi) is 7.10. The molecule has 7 aliphatic rings. The van der Waals surface area contributed by atoms with Gasteiger partial charge in [0, 0.05) is 68.3 Å². The highest BCUT2D eigenvalue weighted by Gasteiger charge is 2.48. The van der Waals surface area contributed by atoms with E-state index < -0.39 is 0 Å². The van der Waals surface area contributed by atoms with Gasteiger partial charge >= 0.3 is 0 Å². The van der Waals surface area contributed by atoms with Gasteiger partial charge in [-0.3, -0.25) is 0 Å². The van der Waals surface area contributed by atoms with Crippen molar-refractivity contribution < 1.29 is 4.74 Å². The van der Waals surface area contributed by atoms with Crippen LogP contribution < -0.4 is 4.74 Å². The number of benzene rings is 6. The molecule has 0 saturated heterocycles. The zero-order valence-corrected chi connectivity index (χ0v) is 35.0. The molecule has 8 aromatic rings. The van der Waals surface area contributed by atoms with Crippen LogP contribution >= 0.6 is 0 Å². The van der Waals surface area contributed by atoms with Gasteiger partial charge in [0.1, 0.15) is 17.7 Å². The normalized spacial score (nSPS) is 23.8. The van der Waals surface area contributed by atoms with Gasteiger partial charge in [-0.25, -0.2) is 9.97 Å². The van der Waals surface area contributed by atoms with Crippen LogP contribution in [0, 0.1) is 5.92 Å². The molecule has 0 N–H and O–H groups in total. The topological polar surface area (TPSA) is 39.9 Å². The van der Waals surface area contributed by atoms with E-state index in [1.807, 2.05) is 0 Å². The number of para-hydroxylation sites is 2. The van der Waals surface area contributed by atoms with Crippen LogP contribution in [0.5, 0.6) is 5.75 Å². The lowest BCUT2D eigenvalue weighted by Gasteiger charge is -2.37. The SMILES string of the molecule is C1=CC2C3=C(c4cccc5c4C3Cc3ccccc3-5)c3c(n(C4=CCC(c5nc(C6=CC7c8ccccc8OC7C=C6)c6ccccc6n5)C=C4)c4c3ccc3ccccc34)C2C=C1. The van der Waals surface area contributed by atoms with E-state index in [9.17, 15) is 0 Å². The first kappa shape index (κ1) is 35.0. The van der Waals surface area contributed by atoms with Gasteiger partial charge in [0.05, 0.1) is 16.7 Å². The maximum atomic E-state index is 6.33. The average molecular weight is 820 g/mol. The van der Waals surface area contributed by atoms with Crippen molar-refractivity contribution in [2.45, 2.75) is 42.6 Å². The van der Waals surface area contributed by atoms with E-state index in [0.29, 0.717) is 5.92 Å². The molecule has 0 bridgehead atoms. The van der Waals surface area contributed by atoms with Gasteiger partial charge in [-0.1, -0.05) is 164 Å². The van der Waals surface area contributed by atoms with Crippen molar-refractivity contribution in [1.29, 1.82) is 0 Å². The summed E-state index contributed by atoms with van der Waals surface area (Å²) in [6, 6.07) is 46.8. The Morgan fingerprint density at radius 1 is 0.625 bits per heavy atom. The highest BCUT2D eigenvalue weighted by Crippen LogP contribution is 2.63. The van der Waals surface area contributed by atoms with Gasteiger partial charge in [-0.2, -0.15) is 0 Å².